The molecule has 0 bridgehead atoms. The van der Waals surface area contributed by atoms with Gasteiger partial charge in [0.15, 0.2) is 0 Å². The summed E-state index contributed by atoms with van der Waals surface area (Å²) in [6.07, 6.45) is 4.68. The highest BCUT2D eigenvalue weighted by molar-refractivity contribution is 7.16. The predicted octanol–water partition coefficient (Wildman–Crippen LogP) is 3.23. The van der Waals surface area contributed by atoms with Gasteiger partial charge in [-0.1, -0.05) is 18.5 Å². The number of thiophene rings is 1. The zero-order valence-corrected chi connectivity index (χ0v) is 11.8. The third-order valence-electron chi connectivity index (χ3n) is 3.54. The molecule has 96 valence electrons. The van der Waals surface area contributed by atoms with Crippen molar-refractivity contribution >= 4 is 22.9 Å². The van der Waals surface area contributed by atoms with Crippen molar-refractivity contribution in [3.8, 4) is 0 Å². The number of halogens is 1. The zero-order chi connectivity index (χ0) is 12.3. The normalized spacial score (nSPS) is 29.5. The van der Waals surface area contributed by atoms with E-state index in [1.165, 1.54) is 4.88 Å². The van der Waals surface area contributed by atoms with Crippen LogP contribution in [0.25, 0.3) is 0 Å². The second-order valence-electron chi connectivity index (χ2n) is 4.94. The van der Waals surface area contributed by atoms with Crippen LogP contribution in [-0.4, -0.2) is 23.3 Å². The van der Waals surface area contributed by atoms with Crippen molar-refractivity contribution in [2.45, 2.75) is 50.7 Å². The molecule has 0 atom stereocenters. The van der Waals surface area contributed by atoms with Gasteiger partial charge in [-0.15, -0.1) is 11.3 Å². The summed E-state index contributed by atoms with van der Waals surface area (Å²) in [4.78, 5) is 1.19. The lowest BCUT2D eigenvalue weighted by atomic mass is 9.80. The first kappa shape index (κ1) is 13.3. The highest BCUT2D eigenvalue weighted by atomic mass is 35.5. The number of hydrogen-bond donors (Lipinski definition) is 2. The van der Waals surface area contributed by atoms with Gasteiger partial charge < -0.3 is 10.4 Å². The van der Waals surface area contributed by atoms with Crippen LogP contribution in [0.1, 0.15) is 37.5 Å². The molecule has 2 rings (SSSR count). The van der Waals surface area contributed by atoms with Crippen molar-refractivity contribution in [3.05, 3.63) is 21.3 Å². The van der Waals surface area contributed by atoms with Gasteiger partial charge in [0.2, 0.25) is 0 Å². The van der Waals surface area contributed by atoms with Crippen molar-refractivity contribution in [1.29, 1.82) is 0 Å². The van der Waals surface area contributed by atoms with Gasteiger partial charge in [-0.2, -0.15) is 0 Å². The van der Waals surface area contributed by atoms with E-state index in [9.17, 15) is 5.11 Å². The van der Waals surface area contributed by atoms with Crippen LogP contribution in [0.15, 0.2) is 12.1 Å². The smallest absolute Gasteiger partial charge is 0.0931 e. The number of nitrogens with one attached hydrogen (secondary N) is 1. The summed E-state index contributed by atoms with van der Waals surface area (Å²) in [7, 11) is 0. The van der Waals surface area contributed by atoms with Crippen LogP contribution in [-0.2, 0) is 6.42 Å². The summed E-state index contributed by atoms with van der Waals surface area (Å²) in [5.74, 6) is 0. The summed E-state index contributed by atoms with van der Waals surface area (Å²) in [5, 5.41) is 14.0. The van der Waals surface area contributed by atoms with E-state index in [2.05, 4.69) is 12.2 Å². The Bertz CT molecular complexity index is 358. The average molecular weight is 274 g/mol. The highest BCUT2D eigenvalue weighted by Gasteiger charge is 2.33. The van der Waals surface area contributed by atoms with Crippen LogP contribution < -0.4 is 5.32 Å². The minimum Gasteiger partial charge on any atom is -0.390 e. The Morgan fingerprint density at radius 2 is 2.18 bits per heavy atom. The molecule has 17 heavy (non-hydrogen) atoms. The van der Waals surface area contributed by atoms with Gasteiger partial charge in [0.05, 0.1) is 9.94 Å². The molecule has 0 unspecified atom stereocenters. The summed E-state index contributed by atoms with van der Waals surface area (Å²) in [6.45, 7) is 3.15. The molecular weight excluding hydrogens is 254 g/mol. The van der Waals surface area contributed by atoms with Gasteiger partial charge in [0.25, 0.3) is 0 Å². The maximum atomic E-state index is 10.6. The minimum atomic E-state index is -0.514. The molecule has 1 aliphatic rings. The first-order valence-corrected chi connectivity index (χ1v) is 7.51. The molecule has 2 N–H and O–H groups in total. The molecule has 1 fully saturated rings. The van der Waals surface area contributed by atoms with Crippen molar-refractivity contribution in [2.24, 2.45) is 0 Å². The molecule has 0 amide bonds. The lowest BCUT2D eigenvalue weighted by molar-refractivity contribution is -0.00227. The molecule has 0 spiro atoms. The van der Waals surface area contributed by atoms with Crippen molar-refractivity contribution in [3.63, 3.8) is 0 Å². The van der Waals surface area contributed by atoms with E-state index in [0.29, 0.717) is 6.04 Å². The summed E-state index contributed by atoms with van der Waals surface area (Å²) >= 11 is 7.50. The molecular formula is C13H20ClNOS. The molecule has 4 heteroatoms. The fraction of sp³-hybridized carbons (Fsp3) is 0.692. The van der Waals surface area contributed by atoms with Crippen molar-refractivity contribution < 1.29 is 5.11 Å². The third-order valence-corrected chi connectivity index (χ3v) is 4.77. The van der Waals surface area contributed by atoms with Crippen LogP contribution in [0.3, 0.4) is 0 Å². The first-order chi connectivity index (χ1) is 8.11. The topological polar surface area (TPSA) is 32.3 Å². The Hall–Kier alpha value is -0.0900. The second kappa shape index (κ2) is 5.70. The maximum Gasteiger partial charge on any atom is 0.0931 e. The van der Waals surface area contributed by atoms with Crippen molar-refractivity contribution in [1.82, 2.24) is 5.32 Å². The molecule has 1 heterocycles. The largest absolute Gasteiger partial charge is 0.390 e. The van der Waals surface area contributed by atoms with Crippen LogP contribution in [0.5, 0.6) is 0 Å². The van der Waals surface area contributed by atoms with Gasteiger partial charge in [-0.25, -0.2) is 0 Å². The fourth-order valence-corrected chi connectivity index (χ4v) is 3.82. The second-order valence-corrected chi connectivity index (χ2v) is 6.74. The van der Waals surface area contributed by atoms with Gasteiger partial charge in [-0.05, 0) is 44.4 Å². The molecule has 1 aromatic heterocycles. The Morgan fingerprint density at radius 1 is 1.47 bits per heavy atom. The van der Waals surface area contributed by atoms with Gasteiger partial charge in [0, 0.05) is 17.3 Å². The Labute approximate surface area is 112 Å². The Balaban J connectivity index is 1.89. The number of aliphatic hydroxyl groups is 1. The molecule has 0 aromatic carbocycles. The number of hydrogen-bond acceptors (Lipinski definition) is 3. The van der Waals surface area contributed by atoms with Crippen LogP contribution in [0.2, 0.25) is 4.34 Å². The fourth-order valence-electron chi connectivity index (χ4n) is 2.60. The quantitative estimate of drug-likeness (QED) is 0.883. The molecule has 1 aromatic rings. The molecule has 2 nitrogen and oxygen atoms in total. The van der Waals surface area contributed by atoms with Crippen LogP contribution in [0, 0.1) is 0 Å². The molecule has 0 aliphatic heterocycles. The van der Waals surface area contributed by atoms with E-state index in [4.69, 9.17) is 11.6 Å². The molecule has 1 saturated carbocycles. The lowest BCUT2D eigenvalue weighted by Gasteiger charge is -2.36. The average Bonchev–Trinajstić information content (AvgIpc) is 2.68. The lowest BCUT2D eigenvalue weighted by Crippen LogP contribution is -2.42. The maximum absolute atomic E-state index is 10.6. The summed E-state index contributed by atoms with van der Waals surface area (Å²) in [6, 6.07) is 4.53. The summed E-state index contributed by atoms with van der Waals surface area (Å²) in [5.41, 5.74) is -0.514. The Morgan fingerprint density at radius 3 is 2.71 bits per heavy atom. The SMILES string of the molecule is CCNC1CCC(O)(Cc2ccc(Cl)s2)CC1. The Kier molecular flexibility index (Phi) is 4.47. The van der Waals surface area contributed by atoms with Crippen LogP contribution >= 0.6 is 22.9 Å². The minimum absolute atomic E-state index is 0.514. The highest BCUT2D eigenvalue weighted by Crippen LogP contribution is 2.34. The van der Waals surface area contributed by atoms with E-state index in [1.54, 1.807) is 11.3 Å². The third kappa shape index (κ3) is 3.68. The monoisotopic (exact) mass is 273 g/mol. The van der Waals surface area contributed by atoms with E-state index >= 15 is 0 Å². The van der Waals surface area contributed by atoms with Crippen LogP contribution in [0.4, 0.5) is 0 Å². The van der Waals surface area contributed by atoms with E-state index in [0.717, 1.165) is 43.0 Å². The van der Waals surface area contributed by atoms with E-state index < -0.39 is 5.60 Å². The van der Waals surface area contributed by atoms with Gasteiger partial charge >= 0.3 is 0 Å². The standard InChI is InChI=1S/C13H20ClNOS/c1-2-15-10-5-7-13(16,8-6-10)9-11-3-4-12(14)17-11/h3-4,10,15-16H,2,5-9H2,1H3. The predicted molar refractivity (Wildman–Crippen MR) is 73.9 cm³/mol. The van der Waals surface area contributed by atoms with Gasteiger partial charge in [-0.3, -0.25) is 0 Å². The molecule has 0 radical (unpaired) electrons. The number of rotatable bonds is 4. The first-order valence-electron chi connectivity index (χ1n) is 6.31. The molecule has 1 aliphatic carbocycles. The summed E-state index contributed by atoms with van der Waals surface area (Å²) < 4.78 is 0.810. The van der Waals surface area contributed by atoms with E-state index in [1.807, 2.05) is 12.1 Å². The van der Waals surface area contributed by atoms with E-state index in [-0.39, 0.29) is 0 Å². The molecule has 0 saturated heterocycles. The zero-order valence-electron chi connectivity index (χ0n) is 10.2. The van der Waals surface area contributed by atoms with Crippen molar-refractivity contribution in [2.75, 3.05) is 6.54 Å². The van der Waals surface area contributed by atoms with Gasteiger partial charge in [0.1, 0.15) is 0 Å².